The molecule has 0 atom stereocenters. The van der Waals surface area contributed by atoms with Crippen LogP contribution in [0.4, 0.5) is 10.1 Å². The molecule has 19 heavy (non-hydrogen) atoms. The predicted molar refractivity (Wildman–Crippen MR) is 70.6 cm³/mol. The van der Waals surface area contributed by atoms with Gasteiger partial charge < -0.3 is 5.32 Å². The molecule has 4 heteroatoms. The molecule has 0 aliphatic heterocycles. The molecule has 0 bridgehead atoms. The second-order valence-electron chi connectivity index (χ2n) is 4.63. The summed E-state index contributed by atoms with van der Waals surface area (Å²) in [5, 5.41) is 2.71. The SMILES string of the molecule is O=C(Nc1ccc2c(c1)CCC2)c1cccnc1F. The number of amides is 1. The third-order valence-electron chi connectivity index (χ3n) is 3.36. The van der Waals surface area contributed by atoms with Crippen molar-refractivity contribution in [1.82, 2.24) is 4.98 Å². The Balaban J connectivity index is 1.82. The second kappa shape index (κ2) is 4.80. The van der Waals surface area contributed by atoms with E-state index in [1.807, 2.05) is 18.2 Å². The first-order valence-corrected chi connectivity index (χ1v) is 6.28. The maximum Gasteiger partial charge on any atom is 0.260 e. The summed E-state index contributed by atoms with van der Waals surface area (Å²) in [6.07, 6.45) is 4.62. The Kier molecular flexibility index (Phi) is 2.99. The number of fused-ring (bicyclic) bond motifs is 1. The van der Waals surface area contributed by atoms with Crippen LogP contribution in [-0.4, -0.2) is 10.9 Å². The number of carbonyl (C=O) groups excluding carboxylic acids is 1. The summed E-state index contributed by atoms with van der Waals surface area (Å²) in [7, 11) is 0. The third kappa shape index (κ3) is 2.34. The monoisotopic (exact) mass is 256 g/mol. The minimum atomic E-state index is -0.749. The van der Waals surface area contributed by atoms with E-state index in [1.165, 1.54) is 23.4 Å². The summed E-state index contributed by atoms with van der Waals surface area (Å²) >= 11 is 0. The maximum absolute atomic E-state index is 13.4. The van der Waals surface area contributed by atoms with Crippen LogP contribution in [0, 0.1) is 5.95 Å². The molecule has 1 heterocycles. The second-order valence-corrected chi connectivity index (χ2v) is 4.63. The van der Waals surface area contributed by atoms with Gasteiger partial charge in [0.2, 0.25) is 5.95 Å². The molecular formula is C15H13FN2O. The number of halogens is 1. The molecule has 1 aromatic heterocycles. The first-order valence-electron chi connectivity index (χ1n) is 6.28. The van der Waals surface area contributed by atoms with Crippen molar-refractivity contribution in [2.75, 3.05) is 5.32 Å². The number of hydrogen-bond donors (Lipinski definition) is 1. The van der Waals surface area contributed by atoms with Crippen LogP contribution in [0.1, 0.15) is 27.9 Å². The van der Waals surface area contributed by atoms with Gasteiger partial charge in [0.25, 0.3) is 5.91 Å². The molecular weight excluding hydrogens is 243 g/mol. The molecule has 0 fully saturated rings. The summed E-state index contributed by atoms with van der Waals surface area (Å²) in [6.45, 7) is 0. The van der Waals surface area contributed by atoms with Gasteiger partial charge in [-0.1, -0.05) is 6.07 Å². The van der Waals surface area contributed by atoms with Crippen LogP contribution in [0.25, 0.3) is 0 Å². The highest BCUT2D eigenvalue weighted by Crippen LogP contribution is 2.25. The number of nitrogens with zero attached hydrogens (tertiary/aromatic N) is 1. The van der Waals surface area contributed by atoms with E-state index in [1.54, 1.807) is 6.07 Å². The van der Waals surface area contributed by atoms with Gasteiger partial charge in [-0.2, -0.15) is 4.39 Å². The van der Waals surface area contributed by atoms with Gasteiger partial charge in [-0.3, -0.25) is 4.79 Å². The standard InChI is InChI=1S/C15H13FN2O/c16-14-13(5-2-8-17-14)15(19)18-12-7-6-10-3-1-4-11(10)9-12/h2,5-9H,1,3-4H2,(H,18,19). The Morgan fingerprint density at radius 3 is 2.89 bits per heavy atom. The normalized spacial score (nSPS) is 13.1. The zero-order valence-electron chi connectivity index (χ0n) is 10.3. The smallest absolute Gasteiger partial charge is 0.260 e. The number of aryl methyl sites for hydroxylation is 2. The molecule has 0 saturated carbocycles. The summed E-state index contributed by atoms with van der Waals surface area (Å²) in [4.78, 5) is 15.4. The molecule has 0 radical (unpaired) electrons. The van der Waals surface area contributed by atoms with E-state index in [-0.39, 0.29) is 5.56 Å². The molecule has 1 aliphatic rings. The van der Waals surface area contributed by atoms with Gasteiger partial charge in [0.05, 0.1) is 5.56 Å². The van der Waals surface area contributed by atoms with Crippen LogP contribution in [0.3, 0.4) is 0 Å². The Morgan fingerprint density at radius 2 is 2.05 bits per heavy atom. The van der Waals surface area contributed by atoms with Crippen LogP contribution < -0.4 is 5.32 Å². The first kappa shape index (κ1) is 11.8. The van der Waals surface area contributed by atoms with Crippen molar-refractivity contribution in [3.05, 3.63) is 59.2 Å². The summed E-state index contributed by atoms with van der Waals surface area (Å²) < 4.78 is 13.4. The minimum Gasteiger partial charge on any atom is -0.322 e. The molecule has 3 rings (SSSR count). The zero-order chi connectivity index (χ0) is 13.2. The number of hydrogen-bond acceptors (Lipinski definition) is 2. The highest BCUT2D eigenvalue weighted by atomic mass is 19.1. The predicted octanol–water partition coefficient (Wildman–Crippen LogP) is 2.96. The fraction of sp³-hybridized carbons (Fsp3) is 0.200. The van der Waals surface area contributed by atoms with Gasteiger partial charge in [0.15, 0.2) is 0 Å². The number of anilines is 1. The van der Waals surface area contributed by atoms with Crippen LogP contribution in [0.2, 0.25) is 0 Å². The molecule has 1 aromatic carbocycles. The Labute approximate surface area is 110 Å². The summed E-state index contributed by atoms with van der Waals surface area (Å²) in [5.41, 5.74) is 3.27. The van der Waals surface area contributed by atoms with Crippen molar-refractivity contribution in [2.45, 2.75) is 19.3 Å². The molecule has 1 N–H and O–H groups in total. The lowest BCUT2D eigenvalue weighted by Crippen LogP contribution is -2.14. The molecule has 2 aromatic rings. The van der Waals surface area contributed by atoms with E-state index in [9.17, 15) is 9.18 Å². The van der Waals surface area contributed by atoms with Crippen LogP contribution in [-0.2, 0) is 12.8 Å². The van der Waals surface area contributed by atoms with Crippen LogP contribution in [0.15, 0.2) is 36.5 Å². The quantitative estimate of drug-likeness (QED) is 0.839. The van der Waals surface area contributed by atoms with E-state index in [2.05, 4.69) is 10.3 Å². The van der Waals surface area contributed by atoms with E-state index in [0.717, 1.165) is 19.3 Å². The van der Waals surface area contributed by atoms with Gasteiger partial charge >= 0.3 is 0 Å². The van der Waals surface area contributed by atoms with Crippen molar-refractivity contribution in [3.63, 3.8) is 0 Å². The Bertz CT molecular complexity index is 640. The molecule has 1 aliphatic carbocycles. The minimum absolute atomic E-state index is 0.0389. The van der Waals surface area contributed by atoms with Gasteiger partial charge in [0.1, 0.15) is 0 Å². The number of nitrogens with one attached hydrogen (secondary N) is 1. The molecule has 96 valence electrons. The van der Waals surface area contributed by atoms with E-state index in [4.69, 9.17) is 0 Å². The number of benzene rings is 1. The Morgan fingerprint density at radius 1 is 1.21 bits per heavy atom. The van der Waals surface area contributed by atoms with Crippen molar-refractivity contribution < 1.29 is 9.18 Å². The topological polar surface area (TPSA) is 42.0 Å². The zero-order valence-corrected chi connectivity index (χ0v) is 10.3. The van der Waals surface area contributed by atoms with Crippen molar-refractivity contribution >= 4 is 11.6 Å². The van der Waals surface area contributed by atoms with Gasteiger partial charge in [-0.05, 0) is 54.7 Å². The number of rotatable bonds is 2. The summed E-state index contributed by atoms with van der Waals surface area (Å²) in [6, 6.07) is 8.81. The van der Waals surface area contributed by atoms with Crippen LogP contribution >= 0.6 is 0 Å². The van der Waals surface area contributed by atoms with Gasteiger partial charge in [-0.15, -0.1) is 0 Å². The molecule has 0 saturated heterocycles. The fourth-order valence-corrected chi connectivity index (χ4v) is 2.40. The highest BCUT2D eigenvalue weighted by molar-refractivity contribution is 6.04. The lowest BCUT2D eigenvalue weighted by atomic mass is 10.1. The van der Waals surface area contributed by atoms with E-state index in [0.29, 0.717) is 5.69 Å². The number of aromatic nitrogens is 1. The number of carbonyl (C=O) groups is 1. The van der Waals surface area contributed by atoms with Crippen molar-refractivity contribution in [3.8, 4) is 0 Å². The highest BCUT2D eigenvalue weighted by Gasteiger charge is 2.14. The van der Waals surface area contributed by atoms with E-state index < -0.39 is 11.9 Å². The third-order valence-corrected chi connectivity index (χ3v) is 3.36. The summed E-state index contributed by atoms with van der Waals surface area (Å²) in [5.74, 6) is -1.22. The fourth-order valence-electron chi connectivity index (χ4n) is 2.40. The van der Waals surface area contributed by atoms with Crippen molar-refractivity contribution in [2.24, 2.45) is 0 Å². The van der Waals surface area contributed by atoms with Crippen LogP contribution in [0.5, 0.6) is 0 Å². The average molecular weight is 256 g/mol. The van der Waals surface area contributed by atoms with Gasteiger partial charge in [0, 0.05) is 11.9 Å². The van der Waals surface area contributed by atoms with E-state index >= 15 is 0 Å². The Hall–Kier alpha value is -2.23. The molecule has 0 unspecified atom stereocenters. The number of pyridine rings is 1. The lowest BCUT2D eigenvalue weighted by molar-refractivity contribution is 0.102. The maximum atomic E-state index is 13.4. The average Bonchev–Trinajstić information content (AvgIpc) is 2.86. The molecule has 3 nitrogen and oxygen atoms in total. The molecule has 0 spiro atoms. The lowest BCUT2D eigenvalue weighted by Gasteiger charge is -2.07. The molecule has 1 amide bonds. The first-order chi connectivity index (χ1) is 9.24. The largest absolute Gasteiger partial charge is 0.322 e. The van der Waals surface area contributed by atoms with Crippen molar-refractivity contribution in [1.29, 1.82) is 0 Å². The van der Waals surface area contributed by atoms with Gasteiger partial charge in [-0.25, -0.2) is 4.98 Å².